The minimum absolute atomic E-state index is 0.0613. The lowest BCUT2D eigenvalue weighted by molar-refractivity contribution is -0.274. The van der Waals surface area contributed by atoms with Crippen LogP contribution in [0.2, 0.25) is 5.02 Å². The Morgan fingerprint density at radius 1 is 1.04 bits per heavy atom. The highest BCUT2D eigenvalue weighted by Crippen LogP contribution is 2.34. The number of phenolic OH excluding ortho intramolecular Hbond substituents is 1. The lowest BCUT2D eigenvalue weighted by atomic mass is 10.1. The van der Waals surface area contributed by atoms with Crippen molar-refractivity contribution >= 4 is 23.2 Å². The average Bonchev–Trinajstić information content (AvgIpc) is 2.47. The maximum Gasteiger partial charge on any atom is 0.573 e. The molecule has 0 aromatic heterocycles. The van der Waals surface area contributed by atoms with E-state index >= 15 is 0 Å². The van der Waals surface area contributed by atoms with Crippen molar-refractivity contribution in [1.29, 1.82) is 0 Å². The number of rotatable bonds is 3. The second kappa shape index (κ2) is 6.94. The Labute approximate surface area is 146 Å². The third-order valence-electron chi connectivity index (χ3n) is 2.99. The molecule has 0 aliphatic heterocycles. The molecule has 4 nitrogen and oxygen atoms in total. The molecule has 140 valence electrons. The van der Waals surface area contributed by atoms with Crippen LogP contribution in [-0.2, 0) is 6.18 Å². The van der Waals surface area contributed by atoms with E-state index in [-0.39, 0.29) is 5.69 Å². The van der Waals surface area contributed by atoms with Gasteiger partial charge in [0.05, 0.1) is 16.1 Å². The van der Waals surface area contributed by atoms with Gasteiger partial charge >= 0.3 is 12.5 Å². The van der Waals surface area contributed by atoms with Crippen LogP contribution in [0.3, 0.4) is 0 Å². The number of halogens is 7. The van der Waals surface area contributed by atoms with E-state index < -0.39 is 46.1 Å². The number of carbonyl (C=O) groups is 1. The summed E-state index contributed by atoms with van der Waals surface area (Å²) < 4.78 is 77.7. The number of benzene rings is 2. The number of anilines is 1. The number of amides is 1. The van der Waals surface area contributed by atoms with Gasteiger partial charge in [-0.05, 0) is 36.4 Å². The van der Waals surface area contributed by atoms with E-state index in [0.717, 1.165) is 24.3 Å². The Morgan fingerprint density at radius 2 is 1.69 bits per heavy atom. The molecule has 0 unspecified atom stereocenters. The van der Waals surface area contributed by atoms with E-state index in [1.165, 1.54) is 0 Å². The van der Waals surface area contributed by atoms with Crippen LogP contribution in [0.25, 0.3) is 0 Å². The Kier molecular flexibility index (Phi) is 5.26. The number of nitrogens with one attached hydrogen (secondary N) is 1. The third-order valence-corrected chi connectivity index (χ3v) is 3.28. The summed E-state index contributed by atoms with van der Waals surface area (Å²) >= 11 is 5.62. The van der Waals surface area contributed by atoms with Gasteiger partial charge in [-0.15, -0.1) is 13.2 Å². The Balaban J connectivity index is 2.19. The number of carbonyl (C=O) groups excluding carboxylic acids is 1. The van der Waals surface area contributed by atoms with Gasteiger partial charge in [0.15, 0.2) is 0 Å². The molecule has 2 aromatic carbocycles. The zero-order valence-electron chi connectivity index (χ0n) is 12.4. The molecule has 0 spiro atoms. The quantitative estimate of drug-likeness (QED) is 0.696. The maximum absolute atomic E-state index is 12.5. The fraction of sp³-hybridized carbons (Fsp3) is 0.133. The zero-order chi connectivity index (χ0) is 19.7. The van der Waals surface area contributed by atoms with Gasteiger partial charge in [-0.2, -0.15) is 13.2 Å². The van der Waals surface area contributed by atoms with Crippen LogP contribution in [0.15, 0.2) is 36.4 Å². The van der Waals surface area contributed by atoms with Crippen LogP contribution >= 0.6 is 11.6 Å². The number of phenols is 1. The molecule has 0 fully saturated rings. The van der Waals surface area contributed by atoms with Crippen molar-refractivity contribution in [3.8, 4) is 11.5 Å². The van der Waals surface area contributed by atoms with Crippen LogP contribution in [0, 0.1) is 0 Å². The zero-order valence-corrected chi connectivity index (χ0v) is 13.1. The molecule has 0 aliphatic rings. The first-order valence-electron chi connectivity index (χ1n) is 6.63. The molecule has 2 N–H and O–H groups in total. The first kappa shape index (κ1) is 19.7. The van der Waals surface area contributed by atoms with Gasteiger partial charge in [-0.25, -0.2) is 0 Å². The number of hydrogen-bond donors (Lipinski definition) is 2. The van der Waals surface area contributed by atoms with Crippen LogP contribution in [0.1, 0.15) is 15.9 Å². The Morgan fingerprint density at radius 3 is 2.19 bits per heavy atom. The van der Waals surface area contributed by atoms with Gasteiger partial charge in [0, 0.05) is 5.69 Å². The molecule has 0 heterocycles. The fourth-order valence-corrected chi connectivity index (χ4v) is 2.10. The monoisotopic (exact) mass is 399 g/mol. The van der Waals surface area contributed by atoms with E-state index in [2.05, 4.69) is 10.1 Å². The Bertz CT molecular complexity index is 835. The predicted octanol–water partition coefficient (Wildman–Crippen LogP) is 5.22. The van der Waals surface area contributed by atoms with Gasteiger partial charge in [-0.3, -0.25) is 4.79 Å². The van der Waals surface area contributed by atoms with Crippen molar-refractivity contribution in [2.45, 2.75) is 12.5 Å². The number of aromatic hydroxyl groups is 1. The highest BCUT2D eigenvalue weighted by Gasteiger charge is 2.32. The van der Waals surface area contributed by atoms with Gasteiger partial charge in [0.1, 0.15) is 11.5 Å². The molecule has 2 rings (SSSR count). The minimum atomic E-state index is -4.96. The molecule has 0 radical (unpaired) electrons. The van der Waals surface area contributed by atoms with Crippen molar-refractivity contribution in [2.75, 3.05) is 5.32 Å². The molecule has 0 saturated heterocycles. The van der Waals surface area contributed by atoms with Crippen molar-refractivity contribution in [3.05, 3.63) is 52.5 Å². The second-order valence-electron chi connectivity index (χ2n) is 4.88. The Hall–Kier alpha value is -2.62. The van der Waals surface area contributed by atoms with Crippen molar-refractivity contribution in [1.82, 2.24) is 0 Å². The average molecular weight is 400 g/mol. The lowest BCUT2D eigenvalue weighted by Gasteiger charge is -2.13. The van der Waals surface area contributed by atoms with Crippen LogP contribution in [-0.4, -0.2) is 17.4 Å². The summed E-state index contributed by atoms with van der Waals surface area (Å²) in [6.07, 6.45) is -9.66. The fourth-order valence-electron chi connectivity index (χ4n) is 1.88. The van der Waals surface area contributed by atoms with Crippen molar-refractivity contribution < 1.29 is 41.0 Å². The maximum atomic E-state index is 12.5. The summed E-state index contributed by atoms with van der Waals surface area (Å²) in [6.45, 7) is 0. The van der Waals surface area contributed by atoms with Crippen molar-refractivity contribution in [3.63, 3.8) is 0 Å². The number of ether oxygens (including phenoxy) is 1. The molecule has 2 aromatic rings. The van der Waals surface area contributed by atoms with E-state index in [1.807, 2.05) is 0 Å². The summed E-state index contributed by atoms with van der Waals surface area (Å²) in [7, 11) is 0. The smallest absolute Gasteiger partial charge is 0.507 e. The molecule has 11 heteroatoms. The number of hydrogen-bond acceptors (Lipinski definition) is 3. The lowest BCUT2D eigenvalue weighted by Crippen LogP contribution is -2.17. The van der Waals surface area contributed by atoms with Gasteiger partial charge in [0.2, 0.25) is 0 Å². The highest BCUT2D eigenvalue weighted by molar-refractivity contribution is 6.32. The van der Waals surface area contributed by atoms with E-state index in [1.54, 1.807) is 0 Å². The summed E-state index contributed by atoms with van der Waals surface area (Å²) in [5.74, 6) is -2.60. The van der Waals surface area contributed by atoms with Gasteiger partial charge in [-0.1, -0.05) is 11.6 Å². The van der Waals surface area contributed by atoms with Gasteiger partial charge < -0.3 is 15.2 Å². The minimum Gasteiger partial charge on any atom is -0.507 e. The molecule has 0 bridgehead atoms. The van der Waals surface area contributed by atoms with Crippen LogP contribution in [0.5, 0.6) is 11.5 Å². The summed E-state index contributed by atoms with van der Waals surface area (Å²) in [6, 6.07) is 4.56. The predicted molar refractivity (Wildman–Crippen MR) is 79.2 cm³/mol. The molecule has 0 atom stereocenters. The van der Waals surface area contributed by atoms with E-state index in [9.17, 15) is 36.2 Å². The molecule has 0 saturated carbocycles. The largest absolute Gasteiger partial charge is 0.573 e. The molecular formula is C15H8ClF6NO3. The summed E-state index contributed by atoms with van der Waals surface area (Å²) in [5.41, 5.74) is -1.68. The second-order valence-corrected chi connectivity index (χ2v) is 5.28. The standard InChI is InChI=1S/C15H8ClF6NO3/c16-10-6-8(2-4-12(10)26-15(20,21)22)23-13(25)9-3-1-7(5-11(9)24)14(17,18)19/h1-6,24H,(H,23,25). The molecule has 26 heavy (non-hydrogen) atoms. The number of alkyl halides is 6. The summed E-state index contributed by atoms with van der Waals surface area (Å²) in [5, 5.41) is 11.3. The van der Waals surface area contributed by atoms with Crippen molar-refractivity contribution in [2.24, 2.45) is 0 Å². The molecule has 0 aliphatic carbocycles. The first-order chi connectivity index (χ1) is 11.9. The highest BCUT2D eigenvalue weighted by atomic mass is 35.5. The topological polar surface area (TPSA) is 58.6 Å². The normalized spacial score (nSPS) is 12.0. The SMILES string of the molecule is O=C(Nc1ccc(OC(F)(F)F)c(Cl)c1)c1ccc(C(F)(F)F)cc1O. The van der Waals surface area contributed by atoms with Crippen LogP contribution < -0.4 is 10.1 Å². The van der Waals surface area contributed by atoms with E-state index in [4.69, 9.17) is 11.6 Å². The van der Waals surface area contributed by atoms with E-state index in [0.29, 0.717) is 12.1 Å². The molecule has 1 amide bonds. The molecular weight excluding hydrogens is 392 g/mol. The van der Waals surface area contributed by atoms with Crippen LogP contribution in [0.4, 0.5) is 32.0 Å². The summed E-state index contributed by atoms with van der Waals surface area (Å²) in [4.78, 5) is 12.0. The third kappa shape index (κ3) is 4.94. The first-order valence-corrected chi connectivity index (χ1v) is 7.01. The van der Waals surface area contributed by atoms with Gasteiger partial charge in [0.25, 0.3) is 5.91 Å².